The van der Waals surface area contributed by atoms with Gasteiger partial charge in [-0.05, 0) is 29.6 Å². The number of anilines is 3. The maximum absolute atomic E-state index is 13.2. The van der Waals surface area contributed by atoms with Gasteiger partial charge in [-0.25, -0.2) is 0 Å². The fourth-order valence-electron chi connectivity index (χ4n) is 2.62. The third-order valence-electron chi connectivity index (χ3n) is 3.88. The average molecular weight is 357 g/mol. The average Bonchev–Trinajstić information content (AvgIpc) is 3.13. The van der Waals surface area contributed by atoms with Crippen molar-refractivity contribution in [2.24, 2.45) is 0 Å². The molecule has 6 nitrogen and oxygen atoms in total. The number of nitrogens with zero attached hydrogens (tertiary/aromatic N) is 2. The van der Waals surface area contributed by atoms with Crippen molar-refractivity contribution >= 4 is 39.5 Å². The highest BCUT2D eigenvalue weighted by atomic mass is 32.1. The van der Waals surface area contributed by atoms with Crippen LogP contribution in [0.3, 0.4) is 0 Å². The first kappa shape index (κ1) is 17.2. The van der Waals surface area contributed by atoms with Crippen LogP contribution in [0.2, 0.25) is 0 Å². The minimum absolute atomic E-state index is 0.0863. The molecule has 0 aliphatic carbocycles. The number of benzene rings is 1. The van der Waals surface area contributed by atoms with Crippen molar-refractivity contribution in [2.45, 2.75) is 0 Å². The fraction of sp³-hybridized carbons (Fsp3) is 0.222. The van der Waals surface area contributed by atoms with Crippen LogP contribution in [0.4, 0.5) is 16.4 Å². The lowest BCUT2D eigenvalue weighted by molar-refractivity contribution is -0.120. The molecule has 1 aliphatic rings. The molecule has 0 fully saturated rings. The first-order valence-corrected chi connectivity index (χ1v) is 8.70. The van der Waals surface area contributed by atoms with Gasteiger partial charge in [0.2, 0.25) is 0 Å². The molecule has 0 bridgehead atoms. The molecule has 2 heterocycles. The first-order valence-electron chi connectivity index (χ1n) is 7.82. The van der Waals surface area contributed by atoms with Gasteiger partial charge < -0.3 is 15.0 Å². The number of fused-ring (bicyclic) bond motifs is 1. The van der Waals surface area contributed by atoms with E-state index in [0.717, 1.165) is 5.00 Å². The summed E-state index contributed by atoms with van der Waals surface area (Å²) >= 11 is 1.45. The number of carbonyl (C=O) groups excluding carboxylic acids is 2. The van der Waals surface area contributed by atoms with Gasteiger partial charge in [0.25, 0.3) is 11.8 Å². The first-order chi connectivity index (χ1) is 12.1. The smallest absolute Gasteiger partial charge is 0.270 e. The number of methoxy groups -OCH3 is 1. The van der Waals surface area contributed by atoms with E-state index in [-0.39, 0.29) is 17.4 Å². The summed E-state index contributed by atoms with van der Waals surface area (Å²) < 4.78 is 4.98. The number of hydrogen-bond acceptors (Lipinski definition) is 5. The van der Waals surface area contributed by atoms with Crippen LogP contribution < -0.4 is 15.1 Å². The van der Waals surface area contributed by atoms with Crippen LogP contribution in [0.15, 0.2) is 53.6 Å². The topological polar surface area (TPSA) is 61.9 Å². The lowest BCUT2D eigenvalue weighted by Gasteiger charge is -2.21. The second kappa shape index (κ2) is 7.50. The van der Waals surface area contributed by atoms with Crippen LogP contribution in [0, 0.1) is 0 Å². The molecule has 2 aromatic rings. The molecule has 25 heavy (non-hydrogen) atoms. The Morgan fingerprint density at radius 1 is 1.12 bits per heavy atom. The van der Waals surface area contributed by atoms with Gasteiger partial charge >= 0.3 is 0 Å². The summed E-state index contributed by atoms with van der Waals surface area (Å²) in [6, 6.07) is 11.1. The number of carbonyl (C=O) groups is 2. The highest BCUT2D eigenvalue weighted by molar-refractivity contribution is 7.14. The molecule has 130 valence electrons. The van der Waals surface area contributed by atoms with E-state index in [4.69, 9.17) is 4.74 Å². The van der Waals surface area contributed by atoms with E-state index in [1.165, 1.54) is 22.4 Å². The van der Waals surface area contributed by atoms with Crippen molar-refractivity contribution in [3.63, 3.8) is 0 Å². The normalized spacial score (nSPS) is 16.2. The Labute approximate surface area is 150 Å². The molecule has 2 amide bonds. The Morgan fingerprint density at radius 2 is 1.88 bits per heavy atom. The van der Waals surface area contributed by atoms with Crippen LogP contribution in [0.5, 0.6) is 0 Å². The van der Waals surface area contributed by atoms with Crippen LogP contribution in [0.25, 0.3) is 0 Å². The minimum Gasteiger partial charge on any atom is -0.388 e. The van der Waals surface area contributed by atoms with Crippen molar-refractivity contribution in [2.75, 3.05) is 37.1 Å². The largest absolute Gasteiger partial charge is 0.388 e. The van der Waals surface area contributed by atoms with Crippen molar-refractivity contribution in [3.8, 4) is 0 Å². The zero-order chi connectivity index (χ0) is 17.8. The Morgan fingerprint density at radius 3 is 2.56 bits per heavy atom. The summed E-state index contributed by atoms with van der Waals surface area (Å²) in [5.41, 5.74) is 1.46. The number of hydrogen-bond donors (Lipinski definition) is 1. The lowest BCUT2D eigenvalue weighted by atomic mass is 10.2. The molecule has 1 aromatic carbocycles. The van der Waals surface area contributed by atoms with Crippen LogP contribution in [-0.4, -0.2) is 39.1 Å². The van der Waals surface area contributed by atoms with Gasteiger partial charge in [0.05, 0.1) is 18.0 Å². The predicted octanol–water partition coefficient (Wildman–Crippen LogP) is 2.51. The highest BCUT2D eigenvalue weighted by Gasteiger charge is 2.35. The Hall–Kier alpha value is -2.64. The maximum atomic E-state index is 13.2. The summed E-state index contributed by atoms with van der Waals surface area (Å²) in [6.45, 7) is 0.993. The second-order valence-corrected chi connectivity index (χ2v) is 6.38. The summed E-state index contributed by atoms with van der Waals surface area (Å²) in [5.74, 6) is -0.699. The molecule has 0 saturated heterocycles. The number of thiophene rings is 1. The van der Waals surface area contributed by atoms with Gasteiger partial charge in [-0.2, -0.15) is 0 Å². The van der Waals surface area contributed by atoms with Crippen LogP contribution in [0.1, 0.15) is 0 Å². The molecule has 7 heteroatoms. The monoisotopic (exact) mass is 357 g/mol. The molecule has 1 N–H and O–H groups in total. The Balaban J connectivity index is 2.08. The molecule has 0 unspecified atom stereocenters. The number of ether oxygens (including phenoxy) is 1. The lowest BCUT2D eigenvalue weighted by Crippen LogP contribution is -2.33. The van der Waals surface area contributed by atoms with E-state index in [1.54, 1.807) is 19.1 Å². The van der Waals surface area contributed by atoms with Crippen molar-refractivity contribution in [3.05, 3.63) is 53.6 Å². The SMILES string of the molecule is COCCN/C=C1\C(=O)N(C)c2ccccc2N(c2cccs2)C1=O. The molecule has 0 radical (unpaired) electrons. The molecular weight excluding hydrogens is 338 g/mol. The van der Waals surface area contributed by atoms with Crippen LogP contribution in [-0.2, 0) is 14.3 Å². The molecular formula is C18H19N3O3S. The molecule has 0 atom stereocenters. The van der Waals surface area contributed by atoms with Crippen molar-refractivity contribution in [1.82, 2.24) is 5.32 Å². The van der Waals surface area contributed by atoms with E-state index < -0.39 is 0 Å². The van der Waals surface area contributed by atoms with E-state index in [2.05, 4.69) is 5.32 Å². The summed E-state index contributed by atoms with van der Waals surface area (Å²) in [7, 11) is 3.27. The third kappa shape index (κ3) is 3.29. The van der Waals surface area contributed by atoms with Crippen molar-refractivity contribution in [1.29, 1.82) is 0 Å². The van der Waals surface area contributed by atoms with Gasteiger partial charge in [-0.1, -0.05) is 12.1 Å². The Bertz CT molecular complexity index is 802. The standard InChI is InChI=1S/C18H19N3O3S/c1-20-14-6-3-4-7-15(14)21(16-8-5-11-25-16)18(23)13(17(20)22)12-19-9-10-24-2/h3-8,11-12,19H,9-10H2,1-2H3/b13-12+. The zero-order valence-corrected chi connectivity index (χ0v) is 14.9. The van der Waals surface area contributed by atoms with Gasteiger partial charge in [-0.3, -0.25) is 14.5 Å². The third-order valence-corrected chi connectivity index (χ3v) is 4.73. The highest BCUT2D eigenvalue weighted by Crippen LogP contribution is 2.39. The van der Waals surface area contributed by atoms with E-state index in [1.807, 2.05) is 41.8 Å². The van der Waals surface area contributed by atoms with E-state index in [9.17, 15) is 9.59 Å². The number of rotatable bonds is 5. The summed E-state index contributed by atoms with van der Waals surface area (Å²) in [4.78, 5) is 29.1. The van der Waals surface area contributed by atoms with Crippen LogP contribution >= 0.6 is 11.3 Å². The van der Waals surface area contributed by atoms with Gasteiger partial charge in [0, 0.05) is 26.9 Å². The summed E-state index contributed by atoms with van der Waals surface area (Å²) in [6.07, 6.45) is 1.48. The maximum Gasteiger partial charge on any atom is 0.270 e. The second-order valence-electron chi connectivity index (χ2n) is 5.45. The number of likely N-dealkylation sites (N-methyl/N-ethyl adjacent to an activating group) is 1. The summed E-state index contributed by atoms with van der Waals surface area (Å²) in [5, 5.41) is 5.65. The quantitative estimate of drug-likeness (QED) is 0.507. The van der Waals surface area contributed by atoms with E-state index in [0.29, 0.717) is 24.5 Å². The minimum atomic E-state index is -0.353. The molecule has 3 rings (SSSR count). The molecule has 0 saturated carbocycles. The molecule has 1 aromatic heterocycles. The zero-order valence-electron chi connectivity index (χ0n) is 14.1. The van der Waals surface area contributed by atoms with Gasteiger partial charge in [0.15, 0.2) is 0 Å². The molecule has 0 spiro atoms. The van der Waals surface area contributed by atoms with Gasteiger partial charge in [-0.15, -0.1) is 11.3 Å². The fourth-order valence-corrected chi connectivity index (χ4v) is 3.36. The molecule has 1 aliphatic heterocycles. The number of nitrogens with one attached hydrogen (secondary N) is 1. The number of para-hydroxylation sites is 2. The Kier molecular flexibility index (Phi) is 5.16. The van der Waals surface area contributed by atoms with Gasteiger partial charge in [0.1, 0.15) is 10.6 Å². The number of amides is 2. The van der Waals surface area contributed by atoms with E-state index >= 15 is 0 Å². The predicted molar refractivity (Wildman–Crippen MR) is 99.3 cm³/mol. The van der Waals surface area contributed by atoms with Crippen molar-refractivity contribution < 1.29 is 14.3 Å².